The van der Waals surface area contributed by atoms with E-state index in [9.17, 15) is 0 Å². The minimum atomic E-state index is -0.164. The third kappa shape index (κ3) is 3.50. The lowest BCUT2D eigenvalue weighted by atomic mass is 10.3. The summed E-state index contributed by atoms with van der Waals surface area (Å²) in [6.45, 7) is 1.82. The van der Waals surface area contributed by atoms with Crippen molar-refractivity contribution in [2.75, 3.05) is 0 Å². The van der Waals surface area contributed by atoms with Gasteiger partial charge in [-0.1, -0.05) is 46.3 Å². The van der Waals surface area contributed by atoms with Gasteiger partial charge in [0.15, 0.2) is 8.29 Å². The topological polar surface area (TPSA) is 41.6 Å². The Morgan fingerprint density at radius 1 is 1.47 bits per heavy atom. The fourth-order valence-electron chi connectivity index (χ4n) is 1.27. The number of hydrogen-bond acceptors (Lipinski definition) is 5. The zero-order valence-corrected chi connectivity index (χ0v) is 13.6. The molecule has 0 spiro atoms. The molecule has 0 saturated carbocycles. The monoisotopic (exact) mass is 347 g/mol. The quantitative estimate of drug-likeness (QED) is 0.580. The molecule has 0 aliphatic rings. The molecule has 0 saturated heterocycles. The second-order valence-electron chi connectivity index (χ2n) is 3.53. The summed E-state index contributed by atoms with van der Waals surface area (Å²) in [6, 6.07) is 7.35. The molecule has 1 aromatic heterocycles. The zero-order valence-electron chi connectivity index (χ0n) is 9.63. The van der Waals surface area contributed by atoms with Crippen molar-refractivity contribution in [3.05, 3.63) is 32.2 Å². The van der Waals surface area contributed by atoms with Gasteiger partial charge in [-0.15, -0.1) is 5.10 Å². The lowest BCUT2D eigenvalue weighted by Crippen LogP contribution is -1.97. The lowest BCUT2D eigenvalue weighted by molar-refractivity contribution is 0.829. The van der Waals surface area contributed by atoms with Crippen LogP contribution in [0.5, 0.6) is 0 Å². The van der Waals surface area contributed by atoms with Gasteiger partial charge < -0.3 is 0 Å². The van der Waals surface area contributed by atoms with Crippen molar-refractivity contribution in [3.63, 3.8) is 0 Å². The number of hydrogen-bond donors (Lipinski definition) is 0. The summed E-state index contributed by atoms with van der Waals surface area (Å²) < 4.78 is 2.98. The largest absolute Gasteiger partial charge is 0.211 e. The molecule has 0 amide bonds. The van der Waals surface area contributed by atoms with Gasteiger partial charge in [0.05, 0.1) is 27.1 Å². The highest BCUT2D eigenvalue weighted by atomic mass is 35.5. The number of nitrogens with zero attached hydrogens (tertiary/aromatic N) is 3. The Hall–Kier alpha value is -0.580. The van der Waals surface area contributed by atoms with Crippen molar-refractivity contribution in [1.29, 1.82) is 5.26 Å². The summed E-state index contributed by atoms with van der Waals surface area (Å²) in [5.74, 6) is 0. The maximum Gasteiger partial charge on any atom is 0.184 e. The van der Waals surface area contributed by atoms with E-state index in [4.69, 9.17) is 40.7 Å². The Bertz CT molecular complexity index is 702. The number of rotatable bonds is 3. The smallest absolute Gasteiger partial charge is 0.184 e. The van der Waals surface area contributed by atoms with Gasteiger partial charge in [-0.2, -0.15) is 5.26 Å². The molecular formula is C11H7Cl2N3S3. The zero-order chi connectivity index (χ0) is 14.0. The van der Waals surface area contributed by atoms with Crippen LogP contribution >= 0.6 is 58.5 Å². The van der Waals surface area contributed by atoms with Gasteiger partial charge >= 0.3 is 0 Å². The Labute approximate surface area is 133 Å². The molecule has 2 aromatic rings. The Morgan fingerprint density at radius 2 is 2.21 bits per heavy atom. The van der Waals surface area contributed by atoms with E-state index >= 15 is 0 Å². The first-order chi connectivity index (χ1) is 9.01. The van der Waals surface area contributed by atoms with Crippen LogP contribution in [0, 0.1) is 15.3 Å². The lowest BCUT2D eigenvalue weighted by Gasteiger charge is -2.02. The summed E-state index contributed by atoms with van der Waals surface area (Å²) in [7, 11) is 0. The number of nitriles is 1. The summed E-state index contributed by atoms with van der Waals surface area (Å²) in [6.07, 6.45) is 0. The second kappa shape index (κ2) is 6.25. The number of aromatic nitrogens is 2. The molecule has 0 aliphatic heterocycles. The van der Waals surface area contributed by atoms with E-state index in [1.807, 2.05) is 6.92 Å². The van der Waals surface area contributed by atoms with Crippen LogP contribution < -0.4 is 0 Å². The van der Waals surface area contributed by atoms with Crippen molar-refractivity contribution in [2.24, 2.45) is 0 Å². The molecular weight excluding hydrogens is 341 g/mol. The van der Waals surface area contributed by atoms with E-state index in [0.29, 0.717) is 14.0 Å². The average molecular weight is 348 g/mol. The van der Waals surface area contributed by atoms with E-state index in [2.05, 4.69) is 11.2 Å². The van der Waals surface area contributed by atoms with Crippen LogP contribution in [0.3, 0.4) is 0 Å². The van der Waals surface area contributed by atoms with E-state index in [1.165, 1.54) is 23.1 Å². The van der Waals surface area contributed by atoms with E-state index in [-0.39, 0.29) is 5.25 Å². The SMILES string of the molecule is C[C@H](C#N)Sc1nn(-c2ccc(Cl)c(Cl)c2)c(=S)s1. The molecule has 0 unspecified atom stereocenters. The number of thioether (sulfide) groups is 1. The van der Waals surface area contributed by atoms with Gasteiger partial charge in [0, 0.05) is 0 Å². The van der Waals surface area contributed by atoms with Crippen LogP contribution in [-0.4, -0.2) is 15.0 Å². The molecule has 19 heavy (non-hydrogen) atoms. The number of halogens is 2. The molecule has 1 heterocycles. The fourth-order valence-corrected chi connectivity index (χ4v) is 3.95. The molecule has 98 valence electrons. The van der Waals surface area contributed by atoms with Gasteiger partial charge in [0.2, 0.25) is 0 Å². The summed E-state index contributed by atoms with van der Waals surface area (Å²) in [5.41, 5.74) is 0.757. The van der Waals surface area contributed by atoms with Crippen molar-refractivity contribution >= 4 is 58.5 Å². The second-order valence-corrected chi connectivity index (χ2v) is 7.56. The average Bonchev–Trinajstić information content (AvgIpc) is 2.73. The van der Waals surface area contributed by atoms with Crippen molar-refractivity contribution in [2.45, 2.75) is 16.5 Å². The van der Waals surface area contributed by atoms with E-state index < -0.39 is 0 Å². The summed E-state index contributed by atoms with van der Waals surface area (Å²) in [4.78, 5) is 0. The molecule has 0 bridgehead atoms. The standard InChI is InChI=1S/C11H7Cl2N3S3/c1-6(5-14)18-10-15-16(11(17)19-10)7-2-3-8(12)9(13)4-7/h2-4,6H,1H3/t6-/m1/s1. The first-order valence-electron chi connectivity index (χ1n) is 5.13. The van der Waals surface area contributed by atoms with Crippen molar-refractivity contribution in [1.82, 2.24) is 9.78 Å². The first kappa shape index (κ1) is 14.8. The van der Waals surface area contributed by atoms with Gasteiger partial charge in [0.1, 0.15) is 0 Å². The van der Waals surface area contributed by atoms with Crippen LogP contribution in [0.2, 0.25) is 10.0 Å². The molecule has 0 N–H and O–H groups in total. The Kier molecular flexibility index (Phi) is 4.87. The van der Waals surface area contributed by atoms with E-state index in [0.717, 1.165) is 10.0 Å². The molecule has 0 radical (unpaired) electrons. The van der Waals surface area contributed by atoms with Crippen LogP contribution in [0.4, 0.5) is 0 Å². The Balaban J connectivity index is 2.38. The third-order valence-corrected chi connectivity index (χ3v) is 5.18. The van der Waals surface area contributed by atoms with Crippen LogP contribution in [0.1, 0.15) is 6.92 Å². The van der Waals surface area contributed by atoms with Crippen LogP contribution in [0.15, 0.2) is 22.5 Å². The van der Waals surface area contributed by atoms with Gasteiger partial charge in [-0.05, 0) is 37.3 Å². The molecule has 3 nitrogen and oxygen atoms in total. The third-order valence-electron chi connectivity index (χ3n) is 2.14. The highest BCUT2D eigenvalue weighted by Gasteiger charge is 2.11. The van der Waals surface area contributed by atoms with Gasteiger partial charge in [0.25, 0.3) is 0 Å². The highest BCUT2D eigenvalue weighted by Crippen LogP contribution is 2.29. The highest BCUT2D eigenvalue weighted by molar-refractivity contribution is 8.01. The van der Waals surface area contributed by atoms with Crippen molar-refractivity contribution in [3.8, 4) is 11.8 Å². The number of benzene rings is 1. The first-order valence-corrected chi connectivity index (χ1v) is 7.99. The molecule has 1 atom stereocenters. The summed E-state index contributed by atoms with van der Waals surface area (Å²) in [5, 5.41) is 14.0. The molecule has 2 rings (SSSR count). The predicted molar refractivity (Wildman–Crippen MR) is 83.2 cm³/mol. The molecule has 0 aliphatic carbocycles. The minimum Gasteiger partial charge on any atom is -0.211 e. The van der Waals surface area contributed by atoms with Crippen molar-refractivity contribution < 1.29 is 0 Å². The van der Waals surface area contributed by atoms with E-state index in [1.54, 1.807) is 22.9 Å². The predicted octanol–water partition coefficient (Wildman–Crippen LogP) is 4.97. The van der Waals surface area contributed by atoms with Crippen LogP contribution in [-0.2, 0) is 0 Å². The Morgan fingerprint density at radius 3 is 2.84 bits per heavy atom. The maximum absolute atomic E-state index is 8.80. The van der Waals surface area contributed by atoms with Gasteiger partial charge in [-0.25, -0.2) is 4.68 Å². The summed E-state index contributed by atoms with van der Waals surface area (Å²) >= 11 is 19.9. The maximum atomic E-state index is 8.80. The fraction of sp³-hybridized carbons (Fsp3) is 0.182. The van der Waals surface area contributed by atoms with Crippen LogP contribution in [0.25, 0.3) is 5.69 Å². The normalized spacial score (nSPS) is 12.1. The van der Waals surface area contributed by atoms with Gasteiger partial charge in [-0.3, -0.25) is 0 Å². The molecule has 1 aromatic carbocycles. The molecule has 0 fully saturated rings. The molecule has 8 heteroatoms. The minimum absolute atomic E-state index is 0.164.